The summed E-state index contributed by atoms with van der Waals surface area (Å²) in [6, 6.07) is 0. The average Bonchev–Trinajstić information content (AvgIpc) is 1.78. The van der Waals surface area contributed by atoms with Crippen LogP contribution in [0.25, 0.3) is 0 Å². The van der Waals surface area contributed by atoms with Crippen LogP contribution in [0.5, 0.6) is 0 Å². The fourth-order valence-electron chi connectivity index (χ4n) is 0.552. The number of carbonyl (C=O) groups is 1. The highest BCUT2D eigenvalue weighted by Crippen LogP contribution is 2.45. The van der Waals surface area contributed by atoms with Crippen molar-refractivity contribution in [3.63, 3.8) is 0 Å². The summed E-state index contributed by atoms with van der Waals surface area (Å²) in [5.41, 5.74) is 0. The van der Waals surface area contributed by atoms with E-state index in [0.29, 0.717) is 19.3 Å². The molecule has 10 heavy (non-hydrogen) atoms. The quantitative estimate of drug-likeness (QED) is 0.308. The van der Waals surface area contributed by atoms with E-state index in [9.17, 15) is 4.79 Å². The van der Waals surface area contributed by atoms with Gasteiger partial charge in [0.25, 0.3) is 0 Å². The lowest BCUT2D eigenvalue weighted by Crippen LogP contribution is -1.94. The number of rotatable bonds is 5. The van der Waals surface area contributed by atoms with E-state index in [4.69, 9.17) is 14.7 Å². The van der Waals surface area contributed by atoms with Crippen molar-refractivity contribution in [2.75, 3.05) is 6.16 Å². The minimum absolute atomic E-state index is 0.000833. The Labute approximate surface area is 60.1 Å². The molecule has 60 valence electrons. The first kappa shape index (κ1) is 9.98. The standard InChI is InChI=1S/C5H12O4P/c6-4-2-1-3-5-10(7,8)9/h4,7-9H,1-3,5H2/q+1. The van der Waals surface area contributed by atoms with Crippen LogP contribution in [0.15, 0.2) is 0 Å². The molecule has 0 fully saturated rings. The molecule has 0 aliphatic carbocycles. The zero-order chi connectivity index (χ0) is 8.04. The Bertz CT molecular complexity index is 98.3. The van der Waals surface area contributed by atoms with Crippen molar-refractivity contribution in [3.05, 3.63) is 0 Å². The Morgan fingerprint density at radius 1 is 1.20 bits per heavy atom. The van der Waals surface area contributed by atoms with Crippen molar-refractivity contribution in [1.29, 1.82) is 0 Å². The fourth-order valence-corrected chi connectivity index (χ4v) is 1.20. The summed E-state index contributed by atoms with van der Waals surface area (Å²) in [6.07, 6.45) is 2.27. The molecular formula is C5H12O4P+. The summed E-state index contributed by atoms with van der Waals surface area (Å²) in [6.45, 7) is 0. The highest BCUT2D eigenvalue weighted by Gasteiger charge is 2.27. The molecule has 0 aromatic rings. The van der Waals surface area contributed by atoms with Crippen LogP contribution in [0, 0.1) is 0 Å². The molecule has 0 aliphatic heterocycles. The molecule has 4 nitrogen and oxygen atoms in total. The minimum Gasteiger partial charge on any atom is -0.303 e. The Kier molecular flexibility index (Phi) is 4.73. The van der Waals surface area contributed by atoms with Crippen LogP contribution in [-0.4, -0.2) is 27.1 Å². The van der Waals surface area contributed by atoms with Crippen LogP contribution in [0.4, 0.5) is 0 Å². The maximum atomic E-state index is 9.75. The molecule has 0 aliphatic rings. The first-order valence-corrected chi connectivity index (χ1v) is 4.89. The summed E-state index contributed by atoms with van der Waals surface area (Å²) in [4.78, 5) is 35.1. The van der Waals surface area contributed by atoms with Gasteiger partial charge in [0.2, 0.25) is 0 Å². The van der Waals surface area contributed by atoms with Gasteiger partial charge in [-0.05, 0) is 12.8 Å². The molecule has 0 unspecified atom stereocenters. The molecule has 0 atom stereocenters. The first-order valence-electron chi connectivity index (χ1n) is 3.06. The average molecular weight is 167 g/mol. The summed E-state index contributed by atoms with van der Waals surface area (Å²) in [7, 11) is -3.57. The summed E-state index contributed by atoms with van der Waals surface area (Å²) in [5, 5.41) is 0. The van der Waals surface area contributed by atoms with Gasteiger partial charge in [-0.1, -0.05) is 0 Å². The van der Waals surface area contributed by atoms with Gasteiger partial charge in [-0.2, -0.15) is 14.7 Å². The number of aldehydes is 1. The molecule has 0 heterocycles. The maximum Gasteiger partial charge on any atom is 0.403 e. The Balaban J connectivity index is 3.12. The molecule has 0 saturated heterocycles. The molecule has 0 aromatic carbocycles. The number of unbranched alkanes of at least 4 members (excludes halogenated alkanes) is 2. The second-order valence-electron chi connectivity index (χ2n) is 2.08. The lowest BCUT2D eigenvalue weighted by molar-refractivity contribution is -0.107. The third kappa shape index (κ3) is 7.98. The van der Waals surface area contributed by atoms with Crippen LogP contribution in [-0.2, 0) is 4.79 Å². The van der Waals surface area contributed by atoms with Gasteiger partial charge >= 0.3 is 7.94 Å². The highest BCUT2D eigenvalue weighted by atomic mass is 31.2. The largest absolute Gasteiger partial charge is 0.403 e. The molecule has 0 radical (unpaired) electrons. The first-order chi connectivity index (χ1) is 4.56. The van der Waals surface area contributed by atoms with E-state index in [-0.39, 0.29) is 6.16 Å². The van der Waals surface area contributed by atoms with E-state index >= 15 is 0 Å². The van der Waals surface area contributed by atoms with E-state index in [1.54, 1.807) is 0 Å². The van der Waals surface area contributed by atoms with Gasteiger partial charge in [-0.3, -0.25) is 0 Å². The van der Waals surface area contributed by atoms with E-state index in [1.165, 1.54) is 0 Å². The third-order valence-corrected chi connectivity index (χ3v) is 1.95. The lowest BCUT2D eigenvalue weighted by atomic mass is 10.3. The van der Waals surface area contributed by atoms with Crippen molar-refractivity contribution in [1.82, 2.24) is 0 Å². The van der Waals surface area contributed by atoms with Crippen molar-refractivity contribution in [2.45, 2.75) is 19.3 Å². The SMILES string of the molecule is O=CCCCC[P+](O)(O)O. The topological polar surface area (TPSA) is 77.8 Å². The van der Waals surface area contributed by atoms with Crippen LogP contribution < -0.4 is 0 Å². The zero-order valence-corrected chi connectivity index (χ0v) is 6.50. The van der Waals surface area contributed by atoms with Gasteiger partial charge in [-0.15, -0.1) is 0 Å². The van der Waals surface area contributed by atoms with E-state index < -0.39 is 7.94 Å². The van der Waals surface area contributed by atoms with Crippen LogP contribution in [0.1, 0.15) is 19.3 Å². The van der Waals surface area contributed by atoms with E-state index in [0.717, 1.165) is 6.29 Å². The highest BCUT2D eigenvalue weighted by molar-refractivity contribution is 7.58. The summed E-state index contributed by atoms with van der Waals surface area (Å²) in [5.74, 6) is 0. The second-order valence-corrected chi connectivity index (χ2v) is 3.91. The smallest absolute Gasteiger partial charge is 0.303 e. The normalized spacial score (nSPS) is 11.5. The Morgan fingerprint density at radius 3 is 2.20 bits per heavy atom. The monoisotopic (exact) mass is 167 g/mol. The van der Waals surface area contributed by atoms with Crippen molar-refractivity contribution in [3.8, 4) is 0 Å². The molecule has 0 rings (SSSR count). The molecule has 0 bridgehead atoms. The number of hydrogen-bond donors (Lipinski definition) is 3. The predicted octanol–water partition coefficient (Wildman–Crippen LogP) is 0.0951. The lowest BCUT2D eigenvalue weighted by Gasteiger charge is -2.01. The minimum atomic E-state index is -3.57. The Morgan fingerprint density at radius 2 is 1.80 bits per heavy atom. The molecule has 0 saturated carbocycles. The van der Waals surface area contributed by atoms with E-state index in [1.807, 2.05) is 0 Å². The van der Waals surface area contributed by atoms with Crippen LogP contribution in [0.3, 0.4) is 0 Å². The fraction of sp³-hybridized carbons (Fsp3) is 0.800. The second kappa shape index (κ2) is 4.74. The van der Waals surface area contributed by atoms with Gasteiger partial charge in [-0.25, -0.2) is 0 Å². The molecule has 0 amide bonds. The predicted molar refractivity (Wildman–Crippen MR) is 38.4 cm³/mol. The van der Waals surface area contributed by atoms with Gasteiger partial charge < -0.3 is 4.79 Å². The Hall–Kier alpha value is -0.0200. The number of hydrogen-bond acceptors (Lipinski definition) is 4. The van der Waals surface area contributed by atoms with Crippen molar-refractivity contribution in [2.24, 2.45) is 0 Å². The molecule has 0 spiro atoms. The van der Waals surface area contributed by atoms with Gasteiger partial charge in [0.05, 0.1) is 0 Å². The molecular weight excluding hydrogens is 155 g/mol. The maximum absolute atomic E-state index is 9.75. The number of carbonyl (C=O) groups excluding carboxylic acids is 1. The van der Waals surface area contributed by atoms with Gasteiger partial charge in [0.15, 0.2) is 0 Å². The van der Waals surface area contributed by atoms with Gasteiger partial charge in [0, 0.05) is 6.42 Å². The van der Waals surface area contributed by atoms with Crippen molar-refractivity contribution >= 4 is 14.2 Å². The van der Waals surface area contributed by atoms with Gasteiger partial charge in [0.1, 0.15) is 12.4 Å². The van der Waals surface area contributed by atoms with Crippen LogP contribution >= 0.6 is 7.94 Å². The zero-order valence-electron chi connectivity index (χ0n) is 5.60. The van der Waals surface area contributed by atoms with Crippen molar-refractivity contribution < 1.29 is 19.5 Å². The van der Waals surface area contributed by atoms with Crippen LogP contribution in [0.2, 0.25) is 0 Å². The van der Waals surface area contributed by atoms with E-state index in [2.05, 4.69) is 0 Å². The summed E-state index contributed by atoms with van der Waals surface area (Å²) >= 11 is 0. The summed E-state index contributed by atoms with van der Waals surface area (Å²) < 4.78 is 0. The third-order valence-electron chi connectivity index (χ3n) is 1.03. The molecule has 3 N–H and O–H groups in total. The molecule has 5 heteroatoms. The molecule has 0 aromatic heterocycles.